The molecule has 0 aliphatic carbocycles. The average Bonchev–Trinajstić information content (AvgIpc) is 2.40. The van der Waals surface area contributed by atoms with Crippen molar-refractivity contribution in [2.45, 2.75) is 6.54 Å². The van der Waals surface area contributed by atoms with E-state index in [1.54, 1.807) is 12.1 Å². The summed E-state index contributed by atoms with van der Waals surface area (Å²) in [7, 11) is 0. The maximum absolute atomic E-state index is 13.4. The standard InChI is InChI=1S/C11H11F2N5/c12-8-3-1-7(2-4-8)5-15-10-9(13)6-16-11(17-10)18-14/h1-4,6H,5,14H2,(H2,15,16,17,18). The van der Waals surface area contributed by atoms with Gasteiger partial charge in [-0.15, -0.1) is 0 Å². The van der Waals surface area contributed by atoms with Crippen molar-refractivity contribution < 1.29 is 8.78 Å². The molecule has 0 radical (unpaired) electrons. The Balaban J connectivity index is 2.07. The van der Waals surface area contributed by atoms with Crippen LogP contribution in [0.1, 0.15) is 5.56 Å². The summed E-state index contributed by atoms with van der Waals surface area (Å²) in [4.78, 5) is 7.43. The van der Waals surface area contributed by atoms with E-state index in [0.717, 1.165) is 11.8 Å². The predicted octanol–water partition coefficient (Wildman–Crippen LogP) is 1.65. The highest BCUT2D eigenvalue weighted by molar-refractivity contribution is 5.41. The van der Waals surface area contributed by atoms with E-state index in [9.17, 15) is 8.78 Å². The number of nitrogens with one attached hydrogen (secondary N) is 2. The van der Waals surface area contributed by atoms with E-state index in [1.165, 1.54) is 12.1 Å². The molecule has 94 valence electrons. The zero-order valence-electron chi connectivity index (χ0n) is 9.32. The smallest absolute Gasteiger partial charge is 0.239 e. The van der Waals surface area contributed by atoms with E-state index in [0.29, 0.717) is 6.54 Å². The molecule has 1 aromatic heterocycles. The second kappa shape index (κ2) is 5.37. The van der Waals surface area contributed by atoms with Gasteiger partial charge in [-0.3, -0.25) is 5.43 Å². The maximum atomic E-state index is 13.4. The summed E-state index contributed by atoms with van der Waals surface area (Å²) in [6.07, 6.45) is 1.01. The van der Waals surface area contributed by atoms with Crippen LogP contribution in [0.5, 0.6) is 0 Å². The van der Waals surface area contributed by atoms with E-state index in [2.05, 4.69) is 20.7 Å². The van der Waals surface area contributed by atoms with Crippen molar-refractivity contribution in [2.24, 2.45) is 5.84 Å². The minimum atomic E-state index is -0.587. The van der Waals surface area contributed by atoms with Crippen LogP contribution in [0.3, 0.4) is 0 Å². The Hall–Kier alpha value is -2.28. The quantitative estimate of drug-likeness (QED) is 0.569. The number of nitrogens with two attached hydrogens (primary N) is 1. The minimum Gasteiger partial charge on any atom is -0.363 e. The minimum absolute atomic E-state index is 0.0299. The van der Waals surface area contributed by atoms with E-state index in [-0.39, 0.29) is 17.6 Å². The van der Waals surface area contributed by atoms with Crippen LogP contribution in [0.15, 0.2) is 30.5 Å². The number of nitrogens with zero attached hydrogens (tertiary/aromatic N) is 2. The van der Waals surface area contributed by atoms with Gasteiger partial charge in [0.2, 0.25) is 5.95 Å². The molecule has 0 fully saturated rings. The molecule has 7 heteroatoms. The van der Waals surface area contributed by atoms with E-state index >= 15 is 0 Å². The molecule has 1 aromatic carbocycles. The average molecular weight is 251 g/mol. The van der Waals surface area contributed by atoms with E-state index in [1.807, 2.05) is 0 Å². The lowest BCUT2D eigenvalue weighted by molar-refractivity contribution is 0.617. The normalized spacial score (nSPS) is 10.2. The first kappa shape index (κ1) is 12.2. The maximum Gasteiger partial charge on any atom is 0.239 e. The monoisotopic (exact) mass is 251 g/mol. The Bertz CT molecular complexity index is 529. The largest absolute Gasteiger partial charge is 0.363 e. The fourth-order valence-electron chi connectivity index (χ4n) is 1.35. The van der Waals surface area contributed by atoms with Gasteiger partial charge in [0.05, 0.1) is 6.20 Å². The van der Waals surface area contributed by atoms with Crippen molar-refractivity contribution in [2.75, 3.05) is 10.7 Å². The summed E-state index contributed by atoms with van der Waals surface area (Å²) in [5, 5.41) is 2.78. The van der Waals surface area contributed by atoms with Crippen LogP contribution in [-0.2, 0) is 6.54 Å². The second-order valence-corrected chi connectivity index (χ2v) is 3.51. The lowest BCUT2D eigenvalue weighted by Crippen LogP contribution is -2.13. The molecule has 1 heterocycles. The van der Waals surface area contributed by atoms with Gasteiger partial charge in [-0.05, 0) is 17.7 Å². The van der Waals surface area contributed by atoms with Gasteiger partial charge in [0, 0.05) is 6.54 Å². The Labute approximate surface area is 102 Å². The zero-order valence-corrected chi connectivity index (χ0v) is 9.32. The van der Waals surface area contributed by atoms with E-state index in [4.69, 9.17) is 5.84 Å². The highest BCUT2D eigenvalue weighted by Crippen LogP contribution is 2.13. The van der Waals surface area contributed by atoms with Gasteiger partial charge in [-0.2, -0.15) is 4.98 Å². The molecule has 0 atom stereocenters. The molecule has 0 spiro atoms. The first-order chi connectivity index (χ1) is 8.69. The number of hydrogen-bond donors (Lipinski definition) is 3. The molecule has 0 amide bonds. The number of aromatic nitrogens is 2. The van der Waals surface area contributed by atoms with Crippen LogP contribution >= 0.6 is 0 Å². The number of nitrogen functional groups attached to an aromatic ring is 1. The third kappa shape index (κ3) is 2.89. The number of halogens is 2. The van der Waals surface area contributed by atoms with Crippen LogP contribution in [0, 0.1) is 11.6 Å². The summed E-state index contributed by atoms with van der Waals surface area (Å²) >= 11 is 0. The lowest BCUT2D eigenvalue weighted by atomic mass is 10.2. The van der Waals surface area contributed by atoms with Crippen molar-refractivity contribution in [3.8, 4) is 0 Å². The van der Waals surface area contributed by atoms with Gasteiger partial charge in [-0.25, -0.2) is 19.6 Å². The van der Waals surface area contributed by atoms with Gasteiger partial charge in [0.1, 0.15) is 5.82 Å². The Morgan fingerprint density at radius 2 is 1.89 bits per heavy atom. The topological polar surface area (TPSA) is 75.9 Å². The van der Waals surface area contributed by atoms with E-state index < -0.39 is 5.82 Å². The summed E-state index contributed by atoms with van der Waals surface area (Å²) in [6.45, 7) is 0.318. The zero-order chi connectivity index (χ0) is 13.0. The summed E-state index contributed by atoms with van der Waals surface area (Å²) in [5.74, 6) is 4.36. The molecule has 0 unspecified atom stereocenters. The molecule has 18 heavy (non-hydrogen) atoms. The molecule has 5 nitrogen and oxygen atoms in total. The van der Waals surface area contributed by atoms with Crippen LogP contribution in [0.4, 0.5) is 20.5 Å². The molecule has 2 rings (SSSR count). The van der Waals surface area contributed by atoms with Crippen LogP contribution in [-0.4, -0.2) is 9.97 Å². The molecular formula is C11H11F2N5. The van der Waals surface area contributed by atoms with Crippen molar-refractivity contribution in [1.82, 2.24) is 9.97 Å². The van der Waals surface area contributed by atoms with Crippen LogP contribution < -0.4 is 16.6 Å². The third-order valence-electron chi connectivity index (χ3n) is 2.25. The first-order valence-corrected chi connectivity index (χ1v) is 5.16. The molecule has 0 bridgehead atoms. The second-order valence-electron chi connectivity index (χ2n) is 3.51. The van der Waals surface area contributed by atoms with Gasteiger partial charge in [0.15, 0.2) is 11.6 Å². The van der Waals surface area contributed by atoms with Crippen LogP contribution in [0.25, 0.3) is 0 Å². The fraction of sp³-hybridized carbons (Fsp3) is 0.0909. The Kier molecular flexibility index (Phi) is 3.63. The molecule has 0 aliphatic rings. The molecule has 0 saturated carbocycles. The number of anilines is 2. The van der Waals surface area contributed by atoms with Gasteiger partial charge < -0.3 is 5.32 Å². The first-order valence-electron chi connectivity index (χ1n) is 5.16. The Morgan fingerprint density at radius 3 is 2.56 bits per heavy atom. The van der Waals surface area contributed by atoms with Gasteiger partial charge in [-0.1, -0.05) is 12.1 Å². The van der Waals surface area contributed by atoms with Crippen LogP contribution in [0.2, 0.25) is 0 Å². The van der Waals surface area contributed by atoms with Gasteiger partial charge in [0.25, 0.3) is 0 Å². The number of hydrogen-bond acceptors (Lipinski definition) is 5. The van der Waals surface area contributed by atoms with Crippen molar-refractivity contribution in [1.29, 1.82) is 0 Å². The fourth-order valence-corrected chi connectivity index (χ4v) is 1.35. The third-order valence-corrected chi connectivity index (χ3v) is 2.25. The molecule has 0 saturated heterocycles. The Morgan fingerprint density at radius 1 is 1.17 bits per heavy atom. The van der Waals surface area contributed by atoms with Crippen molar-refractivity contribution >= 4 is 11.8 Å². The van der Waals surface area contributed by atoms with Gasteiger partial charge >= 0.3 is 0 Å². The SMILES string of the molecule is NNc1ncc(F)c(NCc2ccc(F)cc2)n1. The number of hydrazine groups is 1. The molecule has 2 aromatic rings. The lowest BCUT2D eigenvalue weighted by Gasteiger charge is -2.07. The predicted molar refractivity (Wildman–Crippen MR) is 63.5 cm³/mol. The summed E-state index contributed by atoms with van der Waals surface area (Å²) < 4.78 is 26.0. The molecule has 0 aliphatic heterocycles. The highest BCUT2D eigenvalue weighted by Gasteiger charge is 2.05. The van der Waals surface area contributed by atoms with Crippen molar-refractivity contribution in [3.05, 3.63) is 47.7 Å². The number of benzene rings is 1. The summed E-state index contributed by atoms with van der Waals surface area (Å²) in [5.41, 5.74) is 3.02. The highest BCUT2D eigenvalue weighted by atomic mass is 19.1. The molecular weight excluding hydrogens is 240 g/mol. The van der Waals surface area contributed by atoms with Crippen molar-refractivity contribution in [3.63, 3.8) is 0 Å². The number of rotatable bonds is 4. The molecule has 4 N–H and O–H groups in total. The summed E-state index contributed by atoms with van der Waals surface area (Å²) in [6, 6.07) is 5.87.